The summed E-state index contributed by atoms with van der Waals surface area (Å²) in [4.78, 5) is 22.3. The average Bonchev–Trinajstić information content (AvgIpc) is 2.96. The SMILES string of the molecule is CC1C/C(=C\c2cccc(-c3ccc(Cl)c(C(F)(F)F)c3)c2)c2nc3cc(N4CCN(C)CC4)ccc3c(C(=O)O)c2C1. The van der Waals surface area contributed by atoms with E-state index >= 15 is 0 Å². The van der Waals surface area contributed by atoms with Crippen LogP contribution < -0.4 is 4.90 Å². The molecule has 1 aliphatic carbocycles. The second kappa shape index (κ2) is 11.3. The van der Waals surface area contributed by atoms with Crippen molar-refractivity contribution in [1.82, 2.24) is 9.88 Å². The van der Waals surface area contributed by atoms with E-state index in [4.69, 9.17) is 16.6 Å². The molecule has 222 valence electrons. The van der Waals surface area contributed by atoms with Gasteiger partial charge in [0, 0.05) is 37.3 Å². The van der Waals surface area contributed by atoms with Crippen molar-refractivity contribution in [2.24, 2.45) is 5.92 Å². The quantitative estimate of drug-likeness (QED) is 0.254. The van der Waals surface area contributed by atoms with Crippen LogP contribution in [-0.2, 0) is 12.6 Å². The van der Waals surface area contributed by atoms with E-state index in [1.54, 1.807) is 18.2 Å². The van der Waals surface area contributed by atoms with Crippen molar-refractivity contribution >= 4 is 45.8 Å². The van der Waals surface area contributed by atoms with Crippen LogP contribution in [0.3, 0.4) is 0 Å². The van der Waals surface area contributed by atoms with E-state index in [9.17, 15) is 23.1 Å². The van der Waals surface area contributed by atoms with Crippen LogP contribution in [0.4, 0.5) is 18.9 Å². The van der Waals surface area contributed by atoms with Gasteiger partial charge in [-0.25, -0.2) is 9.78 Å². The number of hydrogen-bond acceptors (Lipinski definition) is 4. The first kappa shape index (κ1) is 29.2. The summed E-state index contributed by atoms with van der Waals surface area (Å²) < 4.78 is 40.5. The molecule has 4 aromatic rings. The van der Waals surface area contributed by atoms with Gasteiger partial charge in [-0.2, -0.15) is 13.2 Å². The third kappa shape index (κ3) is 5.86. The summed E-state index contributed by atoms with van der Waals surface area (Å²) in [5.74, 6) is -0.788. The van der Waals surface area contributed by atoms with Gasteiger partial charge < -0.3 is 14.9 Å². The fraction of sp³-hybridized carbons (Fsp3) is 0.294. The van der Waals surface area contributed by atoms with Gasteiger partial charge in [-0.1, -0.05) is 42.8 Å². The van der Waals surface area contributed by atoms with Gasteiger partial charge >= 0.3 is 12.1 Å². The van der Waals surface area contributed by atoms with Gasteiger partial charge in [0.25, 0.3) is 0 Å². The lowest BCUT2D eigenvalue weighted by molar-refractivity contribution is -0.137. The van der Waals surface area contributed by atoms with Crippen molar-refractivity contribution in [2.45, 2.75) is 25.9 Å². The van der Waals surface area contributed by atoms with Crippen LogP contribution >= 0.6 is 11.6 Å². The molecule has 9 heteroatoms. The molecule has 3 aromatic carbocycles. The highest BCUT2D eigenvalue weighted by molar-refractivity contribution is 6.31. The summed E-state index contributed by atoms with van der Waals surface area (Å²) in [6, 6.07) is 17.1. The number of likely N-dealkylation sites (N-methyl/N-ethyl adjacent to an activating group) is 1. The van der Waals surface area contributed by atoms with E-state index < -0.39 is 17.7 Å². The first-order valence-electron chi connectivity index (χ1n) is 14.3. The molecule has 1 saturated heterocycles. The van der Waals surface area contributed by atoms with Crippen molar-refractivity contribution in [3.05, 3.63) is 93.6 Å². The fourth-order valence-electron chi connectivity index (χ4n) is 6.21. The van der Waals surface area contributed by atoms with Gasteiger partial charge in [-0.05, 0) is 96.1 Å². The molecule has 0 bridgehead atoms. The number of halogens is 4. The highest BCUT2D eigenvalue weighted by Gasteiger charge is 2.33. The molecule has 1 aromatic heterocycles. The Hall–Kier alpha value is -3.88. The molecule has 2 heterocycles. The number of alkyl halides is 3. The van der Waals surface area contributed by atoms with Crippen LogP contribution in [0.5, 0.6) is 0 Å². The maximum Gasteiger partial charge on any atom is 0.417 e. The molecular weight excluding hydrogens is 575 g/mol. The number of anilines is 1. The van der Waals surface area contributed by atoms with Crippen LogP contribution in [0.1, 0.15) is 46.1 Å². The maximum absolute atomic E-state index is 13.5. The number of aromatic carboxylic acids is 1. The third-order valence-electron chi connectivity index (χ3n) is 8.41. The summed E-state index contributed by atoms with van der Waals surface area (Å²) >= 11 is 5.84. The molecule has 1 aliphatic heterocycles. The molecule has 0 radical (unpaired) electrons. The lowest BCUT2D eigenvalue weighted by Gasteiger charge is -2.34. The van der Waals surface area contributed by atoms with Gasteiger partial charge in [0.05, 0.1) is 27.4 Å². The van der Waals surface area contributed by atoms with Crippen LogP contribution in [0, 0.1) is 5.92 Å². The van der Waals surface area contributed by atoms with E-state index in [1.165, 1.54) is 6.07 Å². The molecular formula is C34H31ClF3N3O2. The zero-order valence-corrected chi connectivity index (χ0v) is 24.6. The molecule has 1 atom stereocenters. The molecule has 0 saturated carbocycles. The predicted octanol–water partition coefficient (Wildman–Crippen LogP) is 8.15. The van der Waals surface area contributed by atoms with Gasteiger partial charge in [-0.15, -0.1) is 0 Å². The van der Waals surface area contributed by atoms with Crippen molar-refractivity contribution in [3.8, 4) is 11.1 Å². The molecule has 0 amide bonds. The van der Waals surface area contributed by atoms with Gasteiger partial charge in [0.15, 0.2) is 0 Å². The molecule has 0 spiro atoms. The Morgan fingerprint density at radius 1 is 1.00 bits per heavy atom. The summed E-state index contributed by atoms with van der Waals surface area (Å²) in [5.41, 5.74) is 5.20. The summed E-state index contributed by atoms with van der Waals surface area (Å²) in [6.45, 7) is 5.76. The number of nitrogens with zero attached hydrogens (tertiary/aromatic N) is 3. The Bertz CT molecular complexity index is 1760. The average molecular weight is 606 g/mol. The van der Waals surface area contributed by atoms with E-state index in [0.29, 0.717) is 40.6 Å². The molecule has 1 N–H and O–H groups in total. The van der Waals surface area contributed by atoms with E-state index in [0.717, 1.165) is 54.6 Å². The number of pyridine rings is 1. The zero-order valence-electron chi connectivity index (χ0n) is 23.9. The number of piperazine rings is 1. The zero-order chi connectivity index (χ0) is 30.5. The Kier molecular flexibility index (Phi) is 7.69. The standard InChI is InChI=1S/C34H31ClF3N3O2/c1-20-14-24(17-21-4-3-5-22(16-21)23-6-9-29(35)28(18-23)34(36,37)38)32-27(15-20)31(33(42)43)26-8-7-25(19-30(26)39-32)41-12-10-40(2)11-13-41/h3-9,16-20H,10-15H2,1-2H3,(H,42,43)/b24-17+. The topological polar surface area (TPSA) is 56.7 Å². The first-order valence-corrected chi connectivity index (χ1v) is 14.7. The van der Waals surface area contributed by atoms with E-state index in [-0.39, 0.29) is 16.5 Å². The first-order chi connectivity index (χ1) is 20.5. The monoisotopic (exact) mass is 605 g/mol. The molecule has 43 heavy (non-hydrogen) atoms. The normalized spacial score (nSPS) is 18.7. The van der Waals surface area contributed by atoms with Crippen molar-refractivity contribution in [2.75, 3.05) is 38.1 Å². The number of aromatic nitrogens is 1. The lowest BCUT2D eigenvalue weighted by atomic mass is 9.80. The second-order valence-corrected chi connectivity index (χ2v) is 12.0. The minimum Gasteiger partial charge on any atom is -0.478 e. The van der Waals surface area contributed by atoms with Crippen LogP contribution in [0.2, 0.25) is 5.02 Å². The van der Waals surface area contributed by atoms with Gasteiger partial charge in [0.2, 0.25) is 0 Å². The molecule has 2 aliphatic rings. The Morgan fingerprint density at radius 2 is 1.74 bits per heavy atom. The predicted molar refractivity (Wildman–Crippen MR) is 166 cm³/mol. The number of carboxylic acid groups (broad SMARTS) is 1. The molecule has 1 unspecified atom stereocenters. The Labute approximate surface area is 253 Å². The van der Waals surface area contributed by atoms with Gasteiger partial charge in [0.1, 0.15) is 0 Å². The van der Waals surface area contributed by atoms with Gasteiger partial charge in [-0.3, -0.25) is 0 Å². The number of fused-ring (bicyclic) bond motifs is 2. The van der Waals surface area contributed by atoms with Crippen LogP contribution in [-0.4, -0.2) is 54.2 Å². The Balaban J connectivity index is 1.44. The molecule has 5 nitrogen and oxygen atoms in total. The van der Waals surface area contributed by atoms with Crippen molar-refractivity contribution in [3.63, 3.8) is 0 Å². The van der Waals surface area contributed by atoms with E-state index in [1.807, 2.05) is 36.4 Å². The maximum atomic E-state index is 13.5. The largest absolute Gasteiger partial charge is 0.478 e. The highest BCUT2D eigenvalue weighted by atomic mass is 35.5. The number of carbonyl (C=O) groups is 1. The smallest absolute Gasteiger partial charge is 0.417 e. The van der Waals surface area contributed by atoms with Crippen LogP contribution in [0.25, 0.3) is 33.7 Å². The summed E-state index contributed by atoms with van der Waals surface area (Å²) in [6.07, 6.45) is -1.28. The summed E-state index contributed by atoms with van der Waals surface area (Å²) in [7, 11) is 2.10. The minimum absolute atomic E-state index is 0.189. The highest BCUT2D eigenvalue weighted by Crippen LogP contribution is 2.40. The minimum atomic E-state index is -4.56. The fourth-order valence-corrected chi connectivity index (χ4v) is 6.44. The number of hydrogen-bond donors (Lipinski definition) is 1. The number of benzene rings is 3. The van der Waals surface area contributed by atoms with Crippen LogP contribution in [0.15, 0.2) is 60.7 Å². The lowest BCUT2D eigenvalue weighted by Crippen LogP contribution is -2.44. The van der Waals surface area contributed by atoms with E-state index in [2.05, 4.69) is 23.8 Å². The van der Waals surface area contributed by atoms with Crippen molar-refractivity contribution < 1.29 is 23.1 Å². The second-order valence-electron chi connectivity index (χ2n) is 11.6. The molecule has 1 fully saturated rings. The number of rotatable bonds is 4. The molecule has 6 rings (SSSR count). The number of carboxylic acids is 1. The number of allylic oxidation sites excluding steroid dienone is 1. The summed E-state index contributed by atoms with van der Waals surface area (Å²) in [5, 5.41) is 10.6. The van der Waals surface area contributed by atoms with Crippen molar-refractivity contribution in [1.29, 1.82) is 0 Å². The Morgan fingerprint density at radius 3 is 2.47 bits per heavy atom. The third-order valence-corrected chi connectivity index (χ3v) is 8.74.